The molecule has 0 radical (unpaired) electrons. The fraction of sp³-hybridized carbons (Fsp3) is 0.467. The number of nitrogens with zero attached hydrogens (tertiary/aromatic N) is 2. The molecule has 2 heteroatoms. The van der Waals surface area contributed by atoms with E-state index in [2.05, 4.69) is 133 Å². The average molecular weight is 635 g/mol. The Kier molecular flexibility index (Phi) is 11.7. The maximum atomic E-state index is 2.42. The van der Waals surface area contributed by atoms with E-state index in [0.717, 1.165) is 0 Å². The van der Waals surface area contributed by atoms with Gasteiger partial charge in [0, 0.05) is 35.6 Å². The first-order valence-corrected chi connectivity index (χ1v) is 16.9. The summed E-state index contributed by atoms with van der Waals surface area (Å²) in [4.78, 5) is 0. The van der Waals surface area contributed by atoms with Crippen molar-refractivity contribution in [2.24, 2.45) is 14.1 Å². The van der Waals surface area contributed by atoms with Gasteiger partial charge in [-0.3, -0.25) is 0 Å². The van der Waals surface area contributed by atoms with Crippen molar-refractivity contribution in [2.75, 3.05) is 0 Å². The van der Waals surface area contributed by atoms with Gasteiger partial charge in [-0.1, -0.05) is 34.8 Å². The van der Waals surface area contributed by atoms with Crippen molar-refractivity contribution in [1.82, 2.24) is 9.13 Å². The summed E-state index contributed by atoms with van der Waals surface area (Å²) in [7, 11) is 4.45. The molecule has 0 saturated carbocycles. The van der Waals surface area contributed by atoms with Gasteiger partial charge in [-0.2, -0.15) is 0 Å². The van der Waals surface area contributed by atoms with Crippen LogP contribution in [0.15, 0.2) is 6.07 Å². The summed E-state index contributed by atoms with van der Waals surface area (Å²) in [6.45, 7) is 37.9. The van der Waals surface area contributed by atoms with E-state index in [1.165, 1.54) is 127 Å². The van der Waals surface area contributed by atoms with Crippen LogP contribution < -0.4 is 0 Å². The lowest BCUT2D eigenvalue weighted by atomic mass is 9.90. The Morgan fingerprint density at radius 2 is 0.532 bits per heavy atom. The minimum atomic E-state index is 0. The second-order valence-electron chi connectivity index (χ2n) is 13.6. The second kappa shape index (κ2) is 13.9. The Hall–Kier alpha value is -3.52. The largest absolute Gasteiger partial charge is 0.343 e. The summed E-state index contributed by atoms with van der Waals surface area (Å²) in [5.41, 5.74) is 27.0. The molecular formula is C45H66N2. The van der Waals surface area contributed by atoms with Gasteiger partial charge in [-0.05, 0) is 187 Å². The lowest BCUT2D eigenvalue weighted by Gasteiger charge is -2.13. The van der Waals surface area contributed by atoms with Gasteiger partial charge in [-0.15, -0.1) is 0 Å². The summed E-state index contributed by atoms with van der Waals surface area (Å²) in [6.07, 6.45) is 0. The fourth-order valence-electron chi connectivity index (χ4n) is 8.08. The molecule has 0 bridgehead atoms. The average Bonchev–Trinajstić information content (AvgIpc) is 3.50. The van der Waals surface area contributed by atoms with Crippen LogP contribution in [0, 0.1) is 104 Å². The summed E-state index contributed by atoms with van der Waals surface area (Å²) >= 11 is 0. The number of fused-ring (bicyclic) bond motifs is 6. The molecule has 4 aromatic carbocycles. The normalized spacial score (nSPS) is 11.0. The van der Waals surface area contributed by atoms with Gasteiger partial charge in [0.2, 0.25) is 0 Å². The molecule has 0 saturated heterocycles. The smallest absolute Gasteiger partial charge is 0.0524 e. The van der Waals surface area contributed by atoms with Crippen LogP contribution in [-0.4, -0.2) is 9.13 Å². The number of hydrogen-bond donors (Lipinski definition) is 0. The van der Waals surface area contributed by atoms with Crippen molar-refractivity contribution < 1.29 is 0 Å². The Morgan fingerprint density at radius 3 is 0.830 bits per heavy atom. The first kappa shape index (κ1) is 39.7. The van der Waals surface area contributed by atoms with Gasteiger partial charge in [-0.25, -0.2) is 0 Å². The molecule has 0 spiro atoms. The van der Waals surface area contributed by atoms with E-state index in [-0.39, 0.29) is 14.9 Å². The Labute approximate surface area is 288 Å². The van der Waals surface area contributed by atoms with E-state index in [1.54, 1.807) is 0 Å². The number of hydrogen-bond acceptors (Lipinski definition) is 0. The van der Waals surface area contributed by atoms with Crippen molar-refractivity contribution in [3.63, 3.8) is 0 Å². The molecule has 0 N–H and O–H groups in total. The topological polar surface area (TPSA) is 9.86 Å². The minimum absolute atomic E-state index is 0. The number of aromatic nitrogens is 2. The van der Waals surface area contributed by atoms with Crippen LogP contribution >= 0.6 is 0 Å². The predicted molar refractivity (Wildman–Crippen MR) is 217 cm³/mol. The SMILES string of the molecule is C.C.CC.Cc1c(C)c(C)c2c(c1C)c1c(C)c(C)c(C)c(C)c1n2C.Cc1cc(C)c2c3c(C)c(C)c(C)c(C)c3n(C)c2c1C. The van der Waals surface area contributed by atoms with Crippen LogP contribution in [0.1, 0.15) is 112 Å². The third-order valence-electron chi connectivity index (χ3n) is 11.8. The molecule has 6 aromatic rings. The van der Waals surface area contributed by atoms with Crippen LogP contribution in [0.3, 0.4) is 0 Å². The zero-order valence-corrected chi connectivity index (χ0v) is 32.0. The number of rotatable bonds is 0. The number of benzene rings is 4. The van der Waals surface area contributed by atoms with Crippen LogP contribution in [0.4, 0.5) is 0 Å². The van der Waals surface area contributed by atoms with Crippen molar-refractivity contribution in [3.05, 3.63) is 89.5 Å². The third-order valence-corrected chi connectivity index (χ3v) is 11.8. The molecular weight excluding hydrogens is 569 g/mol. The Morgan fingerprint density at radius 1 is 0.298 bits per heavy atom. The molecule has 2 heterocycles. The van der Waals surface area contributed by atoms with Crippen molar-refractivity contribution in [2.45, 2.75) is 133 Å². The number of aryl methyl sites for hydroxylation is 11. The summed E-state index contributed by atoms with van der Waals surface area (Å²) in [6, 6.07) is 2.33. The third kappa shape index (κ3) is 5.50. The van der Waals surface area contributed by atoms with Crippen molar-refractivity contribution in [1.29, 1.82) is 0 Å². The molecule has 2 aromatic heterocycles. The standard InChI is InChI=1S/C21H27N.C20H25N.C2H6.2CH4/c1-10-12(3)16(7)20-18(14(10)5)19-15(6)11(2)13(4)17(8)21(19)22(20)9;1-10-9-11(2)17-18-15(6)13(4)14(5)16(7)20(18)21(8)19(17)12(10)3;1-2;;/h1-9H3;9H,1-8H3;1-2H3;2*1H4. The Bertz CT molecular complexity index is 2100. The van der Waals surface area contributed by atoms with E-state index in [1.807, 2.05) is 13.8 Å². The van der Waals surface area contributed by atoms with Crippen molar-refractivity contribution in [3.8, 4) is 0 Å². The quantitative estimate of drug-likeness (QED) is 0.157. The van der Waals surface area contributed by atoms with Gasteiger partial charge in [0.15, 0.2) is 0 Å². The van der Waals surface area contributed by atoms with E-state index in [0.29, 0.717) is 0 Å². The highest BCUT2D eigenvalue weighted by Gasteiger charge is 2.22. The molecule has 0 atom stereocenters. The van der Waals surface area contributed by atoms with Crippen LogP contribution in [-0.2, 0) is 14.1 Å². The van der Waals surface area contributed by atoms with Crippen LogP contribution in [0.25, 0.3) is 43.6 Å². The van der Waals surface area contributed by atoms with E-state index >= 15 is 0 Å². The van der Waals surface area contributed by atoms with Gasteiger partial charge in [0.25, 0.3) is 0 Å². The summed E-state index contributed by atoms with van der Waals surface area (Å²) in [5.74, 6) is 0. The highest BCUT2D eigenvalue weighted by atomic mass is 14.9. The lowest BCUT2D eigenvalue weighted by Crippen LogP contribution is -1.97. The van der Waals surface area contributed by atoms with Gasteiger partial charge < -0.3 is 9.13 Å². The lowest BCUT2D eigenvalue weighted by molar-refractivity contribution is 0.994. The van der Waals surface area contributed by atoms with Crippen molar-refractivity contribution >= 4 is 43.6 Å². The maximum absolute atomic E-state index is 2.42. The molecule has 0 unspecified atom stereocenters. The summed E-state index contributed by atoms with van der Waals surface area (Å²) in [5, 5.41) is 5.82. The van der Waals surface area contributed by atoms with Crippen LogP contribution in [0.5, 0.6) is 0 Å². The highest BCUT2D eigenvalue weighted by Crippen LogP contribution is 2.42. The Balaban J connectivity index is 0.000000299. The summed E-state index contributed by atoms with van der Waals surface area (Å²) < 4.78 is 4.84. The molecule has 0 aliphatic carbocycles. The zero-order chi connectivity index (χ0) is 34.1. The first-order chi connectivity index (χ1) is 21.0. The fourth-order valence-corrected chi connectivity index (χ4v) is 8.08. The highest BCUT2D eigenvalue weighted by molar-refractivity contribution is 6.15. The molecule has 256 valence electrons. The molecule has 0 fully saturated rings. The van der Waals surface area contributed by atoms with E-state index in [9.17, 15) is 0 Å². The molecule has 47 heavy (non-hydrogen) atoms. The van der Waals surface area contributed by atoms with E-state index in [4.69, 9.17) is 0 Å². The van der Waals surface area contributed by atoms with Gasteiger partial charge in [0.1, 0.15) is 0 Å². The first-order valence-electron chi connectivity index (χ1n) is 16.9. The molecule has 0 aliphatic rings. The molecule has 2 nitrogen and oxygen atoms in total. The molecule has 0 aliphatic heterocycles. The van der Waals surface area contributed by atoms with E-state index < -0.39 is 0 Å². The van der Waals surface area contributed by atoms with Gasteiger partial charge in [0.05, 0.1) is 22.1 Å². The van der Waals surface area contributed by atoms with Gasteiger partial charge >= 0.3 is 0 Å². The zero-order valence-electron chi connectivity index (χ0n) is 32.0. The van der Waals surface area contributed by atoms with Crippen LogP contribution in [0.2, 0.25) is 0 Å². The molecule has 6 rings (SSSR count). The second-order valence-corrected chi connectivity index (χ2v) is 13.6. The monoisotopic (exact) mass is 635 g/mol. The maximum Gasteiger partial charge on any atom is 0.0524 e. The predicted octanol–water partition coefficient (Wildman–Crippen LogP) is 13.6. The molecule has 0 amide bonds. The minimum Gasteiger partial charge on any atom is -0.343 e.